The molecule has 8 heteroatoms. The van der Waals surface area contributed by atoms with Crippen LogP contribution in [0.5, 0.6) is 0 Å². The van der Waals surface area contributed by atoms with Gasteiger partial charge in [0.1, 0.15) is 5.66 Å². The maximum atomic E-state index is 10.7. The summed E-state index contributed by atoms with van der Waals surface area (Å²) >= 11 is 10.5. The normalized spacial score (nSPS) is 24.8. The van der Waals surface area contributed by atoms with Gasteiger partial charge in [-0.05, 0) is 38.5 Å². The van der Waals surface area contributed by atoms with Gasteiger partial charge in [-0.3, -0.25) is 20.4 Å². The van der Waals surface area contributed by atoms with Gasteiger partial charge in [0.2, 0.25) is 0 Å². The zero-order chi connectivity index (χ0) is 16.1. The fourth-order valence-electron chi connectivity index (χ4n) is 2.52. The first-order valence-electron chi connectivity index (χ1n) is 6.17. The van der Waals surface area contributed by atoms with Crippen molar-refractivity contribution >= 4 is 59.2 Å². The van der Waals surface area contributed by atoms with Crippen LogP contribution in [0.15, 0.2) is 29.3 Å². The molecule has 21 heavy (non-hydrogen) atoms. The lowest BCUT2D eigenvalue weighted by Crippen LogP contribution is -2.50. The molecule has 0 radical (unpaired) electrons. The van der Waals surface area contributed by atoms with E-state index in [1.165, 1.54) is 12.1 Å². The van der Waals surface area contributed by atoms with Gasteiger partial charge in [-0.25, -0.2) is 0 Å². The number of alkyl halides is 3. The third-order valence-electron chi connectivity index (χ3n) is 3.39. The molecule has 1 unspecified atom stereocenters. The minimum absolute atomic E-state index is 0.0691. The molecule has 0 amide bonds. The standard InChI is InChI=1S/C13H14Br3N3O2/c1-11(2)10(13(14,15)16)17-12(3,18-11)8-4-6-9(7-5-8)19(20)21/h4-7,18H,1-3H3. The van der Waals surface area contributed by atoms with E-state index in [-0.39, 0.29) is 11.2 Å². The molecule has 1 N–H and O–H groups in total. The van der Waals surface area contributed by atoms with Crippen molar-refractivity contribution in [2.24, 2.45) is 4.99 Å². The van der Waals surface area contributed by atoms with Crippen LogP contribution in [0.4, 0.5) is 5.69 Å². The molecule has 114 valence electrons. The Bertz CT molecular complexity index is 608. The van der Waals surface area contributed by atoms with Crippen LogP contribution in [-0.4, -0.2) is 18.3 Å². The summed E-state index contributed by atoms with van der Waals surface area (Å²) in [5.41, 5.74) is 0.796. The molecule has 1 heterocycles. The van der Waals surface area contributed by atoms with E-state index in [9.17, 15) is 10.1 Å². The highest BCUT2D eigenvalue weighted by Gasteiger charge is 2.48. The molecule has 0 aliphatic carbocycles. The molecule has 0 saturated carbocycles. The first-order chi connectivity index (χ1) is 9.46. The summed E-state index contributed by atoms with van der Waals surface area (Å²) in [7, 11) is 0. The summed E-state index contributed by atoms with van der Waals surface area (Å²) in [6.45, 7) is 6.00. The number of aliphatic imine (C=N–C) groups is 1. The highest BCUT2D eigenvalue weighted by molar-refractivity contribution is 9.40. The van der Waals surface area contributed by atoms with Gasteiger partial charge in [0.05, 0.1) is 16.2 Å². The lowest BCUT2D eigenvalue weighted by atomic mass is 9.98. The molecule has 1 atom stereocenters. The second-order valence-corrected chi connectivity index (χ2v) is 12.3. The molecule has 1 aliphatic heterocycles. The Morgan fingerprint density at radius 2 is 1.71 bits per heavy atom. The van der Waals surface area contributed by atoms with Gasteiger partial charge in [0.25, 0.3) is 5.69 Å². The monoisotopic (exact) mass is 481 g/mol. The van der Waals surface area contributed by atoms with Crippen LogP contribution >= 0.6 is 47.8 Å². The largest absolute Gasteiger partial charge is 0.279 e. The van der Waals surface area contributed by atoms with Crippen LogP contribution < -0.4 is 5.32 Å². The summed E-state index contributed by atoms with van der Waals surface area (Å²) in [5.74, 6) is 0. The summed E-state index contributed by atoms with van der Waals surface area (Å²) < 4.78 is -0.595. The fourth-order valence-corrected chi connectivity index (χ4v) is 4.27. The van der Waals surface area contributed by atoms with Crippen molar-refractivity contribution in [1.29, 1.82) is 0 Å². The molecule has 5 nitrogen and oxygen atoms in total. The second kappa shape index (κ2) is 5.40. The van der Waals surface area contributed by atoms with Gasteiger partial charge in [-0.2, -0.15) is 0 Å². The van der Waals surface area contributed by atoms with E-state index in [2.05, 4.69) is 53.1 Å². The van der Waals surface area contributed by atoms with Crippen molar-refractivity contribution in [3.8, 4) is 0 Å². The minimum atomic E-state index is -0.644. The molecule has 0 aromatic heterocycles. The van der Waals surface area contributed by atoms with Crippen molar-refractivity contribution in [2.45, 2.75) is 34.1 Å². The lowest BCUT2D eigenvalue weighted by molar-refractivity contribution is -0.384. The summed E-state index contributed by atoms with van der Waals surface area (Å²) in [6, 6.07) is 6.44. The van der Waals surface area contributed by atoms with Gasteiger partial charge < -0.3 is 0 Å². The SMILES string of the molecule is CC1(C)NC(C)(c2ccc([N+](=O)[O-])cc2)N=C1C(Br)(Br)Br. The maximum absolute atomic E-state index is 10.7. The maximum Gasteiger partial charge on any atom is 0.269 e. The number of halogens is 3. The smallest absolute Gasteiger partial charge is 0.269 e. The number of rotatable bonds is 2. The van der Waals surface area contributed by atoms with E-state index in [1.54, 1.807) is 12.1 Å². The Hall–Kier alpha value is -0.310. The van der Waals surface area contributed by atoms with E-state index in [0.717, 1.165) is 11.3 Å². The zero-order valence-electron chi connectivity index (χ0n) is 11.7. The minimum Gasteiger partial charge on any atom is -0.279 e. The number of benzene rings is 1. The van der Waals surface area contributed by atoms with Gasteiger partial charge in [-0.1, -0.05) is 47.8 Å². The number of nitrogens with zero attached hydrogens (tertiary/aromatic N) is 2. The van der Waals surface area contributed by atoms with Crippen molar-refractivity contribution in [2.75, 3.05) is 0 Å². The molecule has 1 aromatic rings. The van der Waals surface area contributed by atoms with E-state index in [4.69, 9.17) is 4.99 Å². The second-order valence-electron chi connectivity index (χ2n) is 5.58. The van der Waals surface area contributed by atoms with Crippen molar-refractivity contribution in [3.05, 3.63) is 39.9 Å². The number of nitro benzene ring substituents is 1. The van der Waals surface area contributed by atoms with Crippen LogP contribution in [0, 0.1) is 10.1 Å². The molecule has 2 rings (SSSR count). The zero-order valence-corrected chi connectivity index (χ0v) is 16.4. The molecular formula is C13H14Br3N3O2. The molecule has 1 aliphatic rings. The predicted molar refractivity (Wildman–Crippen MR) is 94.6 cm³/mol. The van der Waals surface area contributed by atoms with Crippen LogP contribution in [0.3, 0.4) is 0 Å². The van der Waals surface area contributed by atoms with Crippen LogP contribution in [0.25, 0.3) is 0 Å². The Balaban J connectivity index is 2.44. The van der Waals surface area contributed by atoms with Crippen LogP contribution in [0.2, 0.25) is 0 Å². The molecular weight excluding hydrogens is 470 g/mol. The van der Waals surface area contributed by atoms with Crippen molar-refractivity contribution < 1.29 is 4.92 Å². The summed E-state index contributed by atoms with van der Waals surface area (Å²) in [5, 5.41) is 14.2. The Morgan fingerprint density at radius 1 is 1.19 bits per heavy atom. The average Bonchev–Trinajstić information content (AvgIpc) is 2.60. The van der Waals surface area contributed by atoms with Gasteiger partial charge in [0.15, 0.2) is 2.14 Å². The highest BCUT2D eigenvalue weighted by Crippen LogP contribution is 2.44. The van der Waals surface area contributed by atoms with E-state index in [1.807, 2.05) is 20.8 Å². The number of hydrogen-bond acceptors (Lipinski definition) is 4. The highest BCUT2D eigenvalue weighted by atomic mass is 80.0. The van der Waals surface area contributed by atoms with Gasteiger partial charge >= 0.3 is 0 Å². The average molecular weight is 484 g/mol. The lowest BCUT2D eigenvalue weighted by Gasteiger charge is -2.30. The topological polar surface area (TPSA) is 67.5 Å². The molecule has 1 aromatic carbocycles. The van der Waals surface area contributed by atoms with Crippen LogP contribution in [0.1, 0.15) is 26.3 Å². The third-order valence-corrected chi connectivity index (χ3v) is 4.52. The predicted octanol–water partition coefficient (Wildman–Crippen LogP) is 4.43. The van der Waals surface area contributed by atoms with E-state index in [0.29, 0.717) is 0 Å². The Kier molecular flexibility index (Phi) is 4.38. The van der Waals surface area contributed by atoms with Gasteiger partial charge in [0, 0.05) is 12.1 Å². The van der Waals surface area contributed by atoms with Gasteiger partial charge in [-0.15, -0.1) is 0 Å². The number of hydrogen-bond donors (Lipinski definition) is 1. The Morgan fingerprint density at radius 3 is 2.10 bits per heavy atom. The molecule has 0 bridgehead atoms. The van der Waals surface area contributed by atoms with Crippen LogP contribution in [-0.2, 0) is 5.66 Å². The molecule has 0 spiro atoms. The number of nitro groups is 1. The number of nitrogens with one attached hydrogen (secondary N) is 1. The first-order valence-corrected chi connectivity index (χ1v) is 8.55. The molecule has 0 fully saturated rings. The fraction of sp³-hybridized carbons (Fsp3) is 0.462. The Labute approximate surface area is 148 Å². The van der Waals surface area contributed by atoms with E-state index >= 15 is 0 Å². The quantitative estimate of drug-likeness (QED) is 0.384. The number of non-ortho nitro benzene ring substituents is 1. The summed E-state index contributed by atoms with van der Waals surface area (Å²) in [4.78, 5) is 15.1. The van der Waals surface area contributed by atoms with Crippen molar-refractivity contribution in [1.82, 2.24) is 5.32 Å². The summed E-state index contributed by atoms with van der Waals surface area (Å²) in [6.07, 6.45) is 0. The first kappa shape index (κ1) is 17.1. The molecule has 0 saturated heterocycles. The van der Waals surface area contributed by atoms with E-state index < -0.39 is 12.7 Å². The van der Waals surface area contributed by atoms with Crippen molar-refractivity contribution in [3.63, 3.8) is 0 Å². The third kappa shape index (κ3) is 3.38.